The van der Waals surface area contributed by atoms with Gasteiger partial charge in [0.15, 0.2) is 11.5 Å². The Balaban J connectivity index is 1.49. The number of hydrogen-bond donors (Lipinski definition) is 1. The van der Waals surface area contributed by atoms with Crippen molar-refractivity contribution in [2.24, 2.45) is 0 Å². The molecule has 1 aromatic rings. The van der Waals surface area contributed by atoms with Gasteiger partial charge in [0, 0.05) is 24.8 Å². The summed E-state index contributed by atoms with van der Waals surface area (Å²) in [6.07, 6.45) is -3.70. The predicted molar refractivity (Wildman–Crippen MR) is 86.2 cm³/mol. The molecule has 8 nitrogen and oxygen atoms in total. The van der Waals surface area contributed by atoms with Crippen LogP contribution in [-0.2, 0) is 14.3 Å². The van der Waals surface area contributed by atoms with Crippen LogP contribution in [0.3, 0.4) is 0 Å². The number of likely N-dealkylation sites (N-methyl/N-ethyl adjacent to an activating group) is 1. The largest absolute Gasteiger partial charge is 0.586 e. The van der Waals surface area contributed by atoms with E-state index in [1.54, 1.807) is 16.8 Å². The summed E-state index contributed by atoms with van der Waals surface area (Å²) in [5, 5.41) is 2.58. The van der Waals surface area contributed by atoms with Crippen molar-refractivity contribution >= 4 is 17.5 Å². The fourth-order valence-corrected chi connectivity index (χ4v) is 2.67. The number of morpholine rings is 1. The molecule has 3 rings (SSSR count). The van der Waals surface area contributed by atoms with Gasteiger partial charge >= 0.3 is 6.29 Å². The second-order valence-corrected chi connectivity index (χ2v) is 6.04. The highest BCUT2D eigenvalue weighted by atomic mass is 19.3. The molecule has 2 aliphatic rings. The molecule has 2 amide bonds. The Morgan fingerprint density at radius 1 is 1.19 bits per heavy atom. The zero-order valence-electron chi connectivity index (χ0n) is 14.2. The number of nitrogens with zero attached hydrogens (tertiary/aromatic N) is 2. The Labute approximate surface area is 148 Å². The van der Waals surface area contributed by atoms with Crippen molar-refractivity contribution in [1.82, 2.24) is 9.80 Å². The molecule has 26 heavy (non-hydrogen) atoms. The summed E-state index contributed by atoms with van der Waals surface area (Å²) in [5.41, 5.74) is 0.294. The lowest BCUT2D eigenvalue weighted by Gasteiger charge is -2.28. The number of amides is 2. The summed E-state index contributed by atoms with van der Waals surface area (Å²) in [6, 6.07) is 3.98. The van der Waals surface area contributed by atoms with Crippen molar-refractivity contribution in [3.05, 3.63) is 18.2 Å². The van der Waals surface area contributed by atoms with Crippen LogP contribution in [-0.4, -0.2) is 74.3 Å². The average molecular weight is 371 g/mol. The smallest absolute Gasteiger partial charge is 0.395 e. The standard InChI is InChI=1S/C16H19F2N3O5/c1-20(10-15(23)21-4-6-24-7-5-21)9-14(22)19-11-2-3-12-13(8-11)26-16(17,18)25-12/h2-3,8H,4-7,9-10H2,1H3,(H,19,22). The summed E-state index contributed by atoms with van der Waals surface area (Å²) < 4.78 is 39.8. The van der Waals surface area contributed by atoms with Crippen molar-refractivity contribution in [1.29, 1.82) is 0 Å². The van der Waals surface area contributed by atoms with Crippen LogP contribution in [0, 0.1) is 0 Å². The number of carbonyl (C=O) groups is 2. The summed E-state index contributed by atoms with van der Waals surface area (Å²) in [4.78, 5) is 27.5. The number of anilines is 1. The van der Waals surface area contributed by atoms with Crippen LogP contribution in [0.2, 0.25) is 0 Å². The fourth-order valence-electron chi connectivity index (χ4n) is 2.67. The molecule has 1 saturated heterocycles. The number of alkyl halides is 2. The average Bonchev–Trinajstić information content (AvgIpc) is 2.88. The van der Waals surface area contributed by atoms with E-state index in [0.717, 1.165) is 0 Å². The van der Waals surface area contributed by atoms with E-state index >= 15 is 0 Å². The first-order chi connectivity index (χ1) is 12.3. The second kappa shape index (κ2) is 7.42. The molecule has 0 radical (unpaired) electrons. The third-order valence-electron chi connectivity index (χ3n) is 3.87. The minimum Gasteiger partial charge on any atom is -0.395 e. The third kappa shape index (κ3) is 4.58. The minimum atomic E-state index is -3.70. The summed E-state index contributed by atoms with van der Waals surface area (Å²) in [5.74, 6) is -0.702. The molecule has 142 valence electrons. The summed E-state index contributed by atoms with van der Waals surface area (Å²) in [7, 11) is 1.65. The SMILES string of the molecule is CN(CC(=O)Nc1ccc2c(c1)OC(F)(F)O2)CC(=O)N1CCOCC1. The minimum absolute atomic E-state index is 0.0271. The second-order valence-electron chi connectivity index (χ2n) is 6.04. The molecule has 1 N–H and O–H groups in total. The zero-order chi connectivity index (χ0) is 18.7. The summed E-state index contributed by atoms with van der Waals surface area (Å²) >= 11 is 0. The molecule has 1 aromatic carbocycles. The summed E-state index contributed by atoms with van der Waals surface area (Å²) in [6.45, 7) is 2.18. The van der Waals surface area contributed by atoms with E-state index in [1.807, 2.05) is 0 Å². The van der Waals surface area contributed by atoms with Gasteiger partial charge in [0.1, 0.15) is 0 Å². The van der Waals surface area contributed by atoms with E-state index in [1.165, 1.54) is 18.2 Å². The number of nitrogens with one attached hydrogen (secondary N) is 1. The Bertz CT molecular complexity index is 694. The molecule has 0 atom stereocenters. The van der Waals surface area contributed by atoms with Gasteiger partial charge in [-0.25, -0.2) is 0 Å². The van der Waals surface area contributed by atoms with Gasteiger partial charge in [0.25, 0.3) is 0 Å². The van der Waals surface area contributed by atoms with Gasteiger partial charge in [-0.3, -0.25) is 14.5 Å². The van der Waals surface area contributed by atoms with Crippen molar-refractivity contribution in [3.63, 3.8) is 0 Å². The lowest BCUT2D eigenvalue weighted by Crippen LogP contribution is -2.46. The number of benzene rings is 1. The van der Waals surface area contributed by atoms with Crippen molar-refractivity contribution in [2.75, 3.05) is 51.8 Å². The maximum atomic E-state index is 13.0. The van der Waals surface area contributed by atoms with E-state index in [4.69, 9.17) is 4.74 Å². The van der Waals surface area contributed by atoms with Gasteiger partial charge in [0.2, 0.25) is 11.8 Å². The van der Waals surface area contributed by atoms with Gasteiger partial charge in [-0.1, -0.05) is 0 Å². The first-order valence-corrected chi connectivity index (χ1v) is 8.06. The number of hydrogen-bond acceptors (Lipinski definition) is 6. The molecule has 2 heterocycles. The number of ether oxygens (including phenoxy) is 3. The van der Waals surface area contributed by atoms with Gasteiger partial charge in [-0.05, 0) is 19.2 Å². The van der Waals surface area contributed by atoms with Crippen LogP contribution in [0.15, 0.2) is 18.2 Å². The number of rotatable bonds is 5. The highest BCUT2D eigenvalue weighted by molar-refractivity contribution is 5.93. The van der Waals surface area contributed by atoms with Gasteiger partial charge < -0.3 is 24.4 Å². The van der Waals surface area contributed by atoms with Crippen LogP contribution in [0.5, 0.6) is 11.5 Å². The topological polar surface area (TPSA) is 80.3 Å². The lowest BCUT2D eigenvalue weighted by molar-refractivity contribution is -0.286. The molecule has 0 spiro atoms. The molecule has 0 bridgehead atoms. The quantitative estimate of drug-likeness (QED) is 0.822. The Morgan fingerprint density at radius 3 is 2.62 bits per heavy atom. The van der Waals surface area contributed by atoms with Crippen LogP contribution in [0.25, 0.3) is 0 Å². The van der Waals surface area contributed by atoms with Crippen LogP contribution >= 0.6 is 0 Å². The Morgan fingerprint density at radius 2 is 1.88 bits per heavy atom. The Hall–Kier alpha value is -2.46. The van der Waals surface area contributed by atoms with Crippen LogP contribution in [0.4, 0.5) is 14.5 Å². The van der Waals surface area contributed by atoms with Crippen LogP contribution < -0.4 is 14.8 Å². The first kappa shape index (κ1) is 18.3. The lowest BCUT2D eigenvalue weighted by atomic mass is 10.2. The molecular weight excluding hydrogens is 352 g/mol. The highest BCUT2D eigenvalue weighted by Gasteiger charge is 2.43. The molecule has 1 fully saturated rings. The molecule has 0 unspecified atom stereocenters. The van der Waals surface area contributed by atoms with Gasteiger partial charge in [-0.2, -0.15) is 0 Å². The predicted octanol–water partition coefficient (Wildman–Crippen LogP) is 0.737. The number of carbonyl (C=O) groups excluding carboxylic acids is 2. The maximum Gasteiger partial charge on any atom is 0.586 e. The fraction of sp³-hybridized carbons (Fsp3) is 0.500. The van der Waals surface area contributed by atoms with E-state index < -0.39 is 6.29 Å². The molecular formula is C16H19F2N3O5. The molecule has 0 aromatic heterocycles. The highest BCUT2D eigenvalue weighted by Crippen LogP contribution is 2.42. The normalized spacial score (nSPS) is 18.1. The van der Waals surface area contributed by atoms with Crippen molar-refractivity contribution in [3.8, 4) is 11.5 Å². The zero-order valence-corrected chi connectivity index (χ0v) is 14.2. The van der Waals surface area contributed by atoms with Crippen molar-refractivity contribution < 1.29 is 32.6 Å². The van der Waals surface area contributed by atoms with E-state index in [-0.39, 0.29) is 36.4 Å². The third-order valence-corrected chi connectivity index (χ3v) is 3.87. The maximum absolute atomic E-state index is 13.0. The molecule has 2 aliphatic heterocycles. The molecule has 0 saturated carbocycles. The molecule has 10 heteroatoms. The monoisotopic (exact) mass is 371 g/mol. The van der Waals surface area contributed by atoms with E-state index in [9.17, 15) is 18.4 Å². The Kier molecular flexibility index (Phi) is 5.23. The number of halogens is 2. The van der Waals surface area contributed by atoms with E-state index in [0.29, 0.717) is 32.0 Å². The molecule has 0 aliphatic carbocycles. The van der Waals surface area contributed by atoms with Gasteiger partial charge in [0.05, 0.1) is 26.3 Å². The van der Waals surface area contributed by atoms with Crippen molar-refractivity contribution in [2.45, 2.75) is 6.29 Å². The van der Waals surface area contributed by atoms with Crippen LogP contribution in [0.1, 0.15) is 0 Å². The number of fused-ring (bicyclic) bond motifs is 1. The van der Waals surface area contributed by atoms with Gasteiger partial charge in [-0.15, -0.1) is 8.78 Å². The van der Waals surface area contributed by atoms with E-state index in [2.05, 4.69) is 14.8 Å². The first-order valence-electron chi connectivity index (χ1n) is 8.06.